The molecule has 3 rings (SSSR count). The van der Waals surface area contributed by atoms with Crippen LogP contribution in [-0.2, 0) is 4.79 Å². The molecule has 8 heteroatoms. The number of amides is 3. The van der Waals surface area contributed by atoms with Crippen LogP contribution in [0.5, 0.6) is 11.5 Å². The number of para-hydroxylation sites is 1. The van der Waals surface area contributed by atoms with Gasteiger partial charge in [-0.3, -0.25) is 14.4 Å². The molecule has 1 aliphatic heterocycles. The number of methoxy groups -OCH3 is 2. The van der Waals surface area contributed by atoms with Gasteiger partial charge in [0.2, 0.25) is 5.91 Å². The van der Waals surface area contributed by atoms with Gasteiger partial charge in [-0.25, -0.2) is 0 Å². The Morgan fingerprint density at radius 3 is 2.37 bits per heavy atom. The SMILES string of the molecule is COc1cccc(C(=O)NC(C(=O)NCC(C)C)C2CCN(C(=O)c3ccccc3OC)CC2)c1. The Morgan fingerprint density at radius 1 is 1.00 bits per heavy atom. The van der Waals surface area contributed by atoms with Crippen molar-refractivity contribution in [3.63, 3.8) is 0 Å². The highest BCUT2D eigenvalue weighted by atomic mass is 16.5. The van der Waals surface area contributed by atoms with Gasteiger partial charge < -0.3 is 25.0 Å². The van der Waals surface area contributed by atoms with E-state index in [1.54, 1.807) is 55.5 Å². The van der Waals surface area contributed by atoms with Crippen LogP contribution >= 0.6 is 0 Å². The molecule has 0 aliphatic carbocycles. The minimum absolute atomic E-state index is 0.0953. The number of nitrogens with one attached hydrogen (secondary N) is 2. The van der Waals surface area contributed by atoms with Crippen LogP contribution in [0.1, 0.15) is 47.4 Å². The smallest absolute Gasteiger partial charge is 0.257 e. The van der Waals surface area contributed by atoms with Crippen LogP contribution in [0.2, 0.25) is 0 Å². The van der Waals surface area contributed by atoms with Gasteiger partial charge in [0.15, 0.2) is 0 Å². The van der Waals surface area contributed by atoms with E-state index < -0.39 is 6.04 Å². The zero-order valence-corrected chi connectivity index (χ0v) is 20.9. The summed E-state index contributed by atoms with van der Waals surface area (Å²) in [4.78, 5) is 41.0. The Balaban J connectivity index is 1.71. The van der Waals surface area contributed by atoms with E-state index in [9.17, 15) is 14.4 Å². The lowest BCUT2D eigenvalue weighted by molar-refractivity contribution is -0.124. The number of hydrogen-bond donors (Lipinski definition) is 2. The molecule has 3 amide bonds. The molecule has 1 atom stereocenters. The van der Waals surface area contributed by atoms with Crippen LogP contribution in [0.15, 0.2) is 48.5 Å². The van der Waals surface area contributed by atoms with Crippen molar-refractivity contribution in [2.24, 2.45) is 11.8 Å². The summed E-state index contributed by atoms with van der Waals surface area (Å²) in [5.74, 6) is 0.665. The van der Waals surface area contributed by atoms with E-state index in [4.69, 9.17) is 9.47 Å². The first kappa shape index (κ1) is 26.1. The van der Waals surface area contributed by atoms with E-state index in [1.165, 1.54) is 0 Å². The summed E-state index contributed by atoms with van der Waals surface area (Å²) in [6.07, 6.45) is 1.19. The van der Waals surface area contributed by atoms with E-state index >= 15 is 0 Å². The summed E-state index contributed by atoms with van der Waals surface area (Å²) in [6, 6.07) is 13.3. The molecule has 1 unspecified atom stereocenters. The quantitative estimate of drug-likeness (QED) is 0.574. The van der Waals surface area contributed by atoms with Crippen molar-refractivity contribution in [1.29, 1.82) is 0 Å². The van der Waals surface area contributed by atoms with Crippen LogP contribution < -0.4 is 20.1 Å². The van der Waals surface area contributed by atoms with E-state index in [0.717, 1.165) is 0 Å². The molecule has 8 nitrogen and oxygen atoms in total. The van der Waals surface area contributed by atoms with Gasteiger partial charge in [-0.15, -0.1) is 0 Å². The van der Waals surface area contributed by atoms with Gasteiger partial charge in [0, 0.05) is 25.2 Å². The monoisotopic (exact) mass is 481 g/mol. The lowest BCUT2D eigenvalue weighted by Crippen LogP contribution is -2.54. The number of rotatable bonds is 9. The molecule has 1 saturated heterocycles. The number of hydrogen-bond acceptors (Lipinski definition) is 5. The van der Waals surface area contributed by atoms with Crippen molar-refractivity contribution in [2.75, 3.05) is 33.9 Å². The molecular formula is C27H35N3O5. The fourth-order valence-electron chi connectivity index (χ4n) is 4.23. The number of likely N-dealkylation sites (tertiary alicyclic amines) is 1. The van der Waals surface area contributed by atoms with Crippen LogP contribution in [0.4, 0.5) is 0 Å². The van der Waals surface area contributed by atoms with Crippen LogP contribution in [0.25, 0.3) is 0 Å². The highest BCUT2D eigenvalue weighted by Gasteiger charge is 2.34. The summed E-state index contributed by atoms with van der Waals surface area (Å²) >= 11 is 0. The number of nitrogens with zero attached hydrogens (tertiary/aromatic N) is 1. The van der Waals surface area contributed by atoms with Gasteiger partial charge >= 0.3 is 0 Å². The molecule has 188 valence electrons. The maximum absolute atomic E-state index is 13.1. The summed E-state index contributed by atoms with van der Waals surface area (Å²) < 4.78 is 10.6. The molecule has 0 saturated carbocycles. The Bertz CT molecular complexity index is 1030. The number of carbonyl (C=O) groups is 3. The average Bonchev–Trinajstić information content (AvgIpc) is 2.89. The predicted octanol–water partition coefficient (Wildman–Crippen LogP) is 3.13. The number of ether oxygens (including phenoxy) is 2. The normalized spacial score (nSPS) is 14.8. The van der Waals surface area contributed by atoms with Gasteiger partial charge in [0.25, 0.3) is 11.8 Å². The van der Waals surface area contributed by atoms with Crippen molar-refractivity contribution in [3.8, 4) is 11.5 Å². The third-order valence-corrected chi connectivity index (χ3v) is 6.22. The molecule has 1 heterocycles. The van der Waals surface area contributed by atoms with Crippen molar-refractivity contribution < 1.29 is 23.9 Å². The van der Waals surface area contributed by atoms with Gasteiger partial charge in [-0.2, -0.15) is 0 Å². The topological polar surface area (TPSA) is 97.0 Å². The molecule has 2 N–H and O–H groups in total. The third-order valence-electron chi connectivity index (χ3n) is 6.22. The molecule has 0 radical (unpaired) electrons. The van der Waals surface area contributed by atoms with Gasteiger partial charge in [-0.1, -0.05) is 32.0 Å². The third kappa shape index (κ3) is 6.74. The Hall–Kier alpha value is -3.55. The molecule has 1 aliphatic rings. The lowest BCUT2D eigenvalue weighted by atomic mass is 9.88. The molecular weight excluding hydrogens is 446 g/mol. The van der Waals surface area contributed by atoms with Crippen LogP contribution in [0, 0.1) is 11.8 Å². The molecule has 35 heavy (non-hydrogen) atoms. The predicted molar refractivity (Wildman–Crippen MR) is 134 cm³/mol. The zero-order valence-electron chi connectivity index (χ0n) is 20.9. The van der Waals surface area contributed by atoms with E-state index in [1.807, 2.05) is 26.0 Å². The standard InChI is InChI=1S/C27H35N3O5/c1-18(2)17-28-26(32)24(29-25(31)20-8-7-9-21(16-20)34-3)19-12-14-30(15-13-19)27(33)22-10-5-6-11-23(22)35-4/h5-11,16,18-19,24H,12-15,17H2,1-4H3,(H,28,32)(H,29,31). The average molecular weight is 482 g/mol. The second-order valence-electron chi connectivity index (χ2n) is 9.15. The van der Waals surface area contributed by atoms with Crippen molar-refractivity contribution in [1.82, 2.24) is 15.5 Å². The van der Waals surface area contributed by atoms with E-state index in [-0.39, 0.29) is 29.6 Å². The maximum atomic E-state index is 13.1. The second-order valence-corrected chi connectivity index (χ2v) is 9.15. The minimum atomic E-state index is -0.698. The largest absolute Gasteiger partial charge is 0.497 e. The number of carbonyl (C=O) groups excluding carboxylic acids is 3. The minimum Gasteiger partial charge on any atom is -0.497 e. The summed E-state index contributed by atoms with van der Waals surface area (Å²) in [6.45, 7) is 5.54. The van der Waals surface area contributed by atoms with Gasteiger partial charge in [0.1, 0.15) is 17.5 Å². The molecule has 0 spiro atoms. The highest BCUT2D eigenvalue weighted by Crippen LogP contribution is 2.26. The molecule has 2 aromatic carbocycles. The highest BCUT2D eigenvalue weighted by molar-refractivity contribution is 5.98. The summed E-state index contributed by atoms with van der Waals surface area (Å²) in [5, 5.41) is 5.90. The first-order valence-electron chi connectivity index (χ1n) is 12.0. The zero-order chi connectivity index (χ0) is 25.4. The first-order chi connectivity index (χ1) is 16.8. The summed E-state index contributed by atoms with van der Waals surface area (Å²) in [5.41, 5.74) is 0.945. The molecule has 2 aromatic rings. The fourth-order valence-corrected chi connectivity index (χ4v) is 4.23. The van der Waals surface area contributed by atoms with Crippen molar-refractivity contribution in [3.05, 3.63) is 59.7 Å². The first-order valence-corrected chi connectivity index (χ1v) is 12.0. The molecule has 0 aromatic heterocycles. The Kier molecular flexibility index (Phi) is 9.11. The van der Waals surface area contributed by atoms with E-state index in [0.29, 0.717) is 55.1 Å². The number of benzene rings is 2. The van der Waals surface area contributed by atoms with Crippen LogP contribution in [-0.4, -0.2) is 62.5 Å². The van der Waals surface area contributed by atoms with Gasteiger partial charge in [0.05, 0.1) is 19.8 Å². The summed E-state index contributed by atoms with van der Waals surface area (Å²) in [7, 11) is 3.09. The maximum Gasteiger partial charge on any atom is 0.257 e. The second kappa shape index (κ2) is 12.2. The van der Waals surface area contributed by atoms with Crippen LogP contribution in [0.3, 0.4) is 0 Å². The Labute approximate surface area is 207 Å². The van der Waals surface area contributed by atoms with Crippen molar-refractivity contribution >= 4 is 17.7 Å². The fraction of sp³-hybridized carbons (Fsp3) is 0.444. The van der Waals surface area contributed by atoms with Gasteiger partial charge in [-0.05, 0) is 55.0 Å². The Morgan fingerprint density at radius 2 is 1.71 bits per heavy atom. The van der Waals surface area contributed by atoms with E-state index in [2.05, 4.69) is 10.6 Å². The lowest BCUT2D eigenvalue weighted by Gasteiger charge is -2.36. The molecule has 0 bridgehead atoms. The van der Waals surface area contributed by atoms with Crippen molar-refractivity contribution in [2.45, 2.75) is 32.7 Å². The molecule has 1 fully saturated rings. The number of piperidine rings is 1.